The molecule has 2 saturated heterocycles. The van der Waals surface area contributed by atoms with Crippen LogP contribution in [0.3, 0.4) is 0 Å². The molecule has 0 aromatic carbocycles. The van der Waals surface area contributed by atoms with E-state index < -0.39 is 17.2 Å². The summed E-state index contributed by atoms with van der Waals surface area (Å²) < 4.78 is 14.3. The maximum Gasteiger partial charge on any atom is 0.410 e. The maximum atomic E-state index is 13.4. The van der Waals surface area contributed by atoms with Crippen molar-refractivity contribution in [2.24, 2.45) is 11.8 Å². The smallest absolute Gasteiger partial charge is 0.410 e. The van der Waals surface area contributed by atoms with E-state index in [1.54, 1.807) is 37.2 Å². The van der Waals surface area contributed by atoms with Gasteiger partial charge < -0.3 is 24.4 Å². The summed E-state index contributed by atoms with van der Waals surface area (Å²) in [5.41, 5.74) is 3.29. The second-order valence-corrected chi connectivity index (χ2v) is 24.6. The molecule has 4 aliphatic rings. The number of aliphatic carboxylic acids is 1. The van der Waals surface area contributed by atoms with Crippen molar-refractivity contribution in [2.45, 2.75) is 180 Å². The molecular formula is C52H74Cl2N6O7S2. The highest BCUT2D eigenvalue weighted by Crippen LogP contribution is 2.33. The highest BCUT2D eigenvalue weighted by Gasteiger charge is 2.32. The molecule has 2 amide bonds. The third-order valence-corrected chi connectivity index (χ3v) is 15.8. The van der Waals surface area contributed by atoms with Gasteiger partial charge in [-0.2, -0.15) is 10.2 Å². The lowest BCUT2D eigenvalue weighted by molar-refractivity contribution is -0.142. The van der Waals surface area contributed by atoms with Gasteiger partial charge in [-0.25, -0.2) is 14.3 Å². The summed E-state index contributed by atoms with van der Waals surface area (Å²) >= 11 is 15.3. The fourth-order valence-corrected chi connectivity index (χ4v) is 11.6. The fraction of sp³-hybridized carbons (Fsp3) is 0.654. The number of halogens is 2. The standard InChI is InChI=1S/C26H36ClN3O3S.C19H26ClN3O2S.C7H12O2/c1-26(2,3)33-25(32)29-15-13-18(14-16-29)22-17-20(9-10-21-11-12-23(27)34-21)30(28-22)24(31)19-7-5-4-6-8-19;1-19(2,3)25-18(24)23-10-8-13(9-11-23)16-12-14(21-22-16)4-5-15-6-7-17(20)26-15;8-7(9)6-4-2-1-3-5-6/h11-12,17-19H,4-10,13-16H2,1-3H3;6-7,12-13H,4-5,8-11H2,1-3H3,(H,21,22);6H,1-5H2,(H,8,9). The summed E-state index contributed by atoms with van der Waals surface area (Å²) in [6, 6.07) is 12.3. The van der Waals surface area contributed by atoms with E-state index in [4.69, 9.17) is 42.9 Å². The molecule has 2 aliphatic carbocycles. The minimum Gasteiger partial charge on any atom is -0.481 e. The van der Waals surface area contributed by atoms with Crippen LogP contribution in [-0.2, 0) is 40.0 Å². The highest BCUT2D eigenvalue weighted by atomic mass is 35.5. The number of aromatic nitrogens is 4. The Morgan fingerprint density at radius 3 is 1.54 bits per heavy atom. The molecule has 0 unspecified atom stereocenters. The average molecular weight is 1030 g/mol. The van der Waals surface area contributed by atoms with E-state index >= 15 is 0 Å². The van der Waals surface area contributed by atoms with E-state index in [-0.39, 0.29) is 35.8 Å². The summed E-state index contributed by atoms with van der Waals surface area (Å²) in [5.74, 6) is 0.235. The number of piperidine rings is 2. The molecule has 17 heteroatoms. The number of carbonyl (C=O) groups is 4. The first-order valence-electron chi connectivity index (χ1n) is 25.1. The van der Waals surface area contributed by atoms with Crippen molar-refractivity contribution in [3.8, 4) is 0 Å². The van der Waals surface area contributed by atoms with Crippen LogP contribution in [0, 0.1) is 11.8 Å². The van der Waals surface area contributed by atoms with Gasteiger partial charge >= 0.3 is 18.2 Å². The molecule has 6 heterocycles. The second-order valence-electron chi connectivity index (χ2n) is 21.0. The number of thiophene rings is 2. The molecular weight excluding hydrogens is 956 g/mol. The molecule has 13 nitrogen and oxygen atoms in total. The number of carbonyl (C=O) groups excluding carboxylic acids is 3. The maximum absolute atomic E-state index is 13.4. The first-order valence-corrected chi connectivity index (χ1v) is 27.5. The summed E-state index contributed by atoms with van der Waals surface area (Å²) in [6.07, 6.45) is 17.2. The number of H-pyrrole nitrogens is 1. The Hall–Kier alpha value is -3.92. The van der Waals surface area contributed by atoms with Crippen LogP contribution in [0.25, 0.3) is 0 Å². The molecule has 4 aromatic rings. The third-order valence-electron chi connectivity index (χ3n) is 13.2. The molecule has 380 valence electrons. The number of rotatable bonds is 10. The van der Waals surface area contributed by atoms with Gasteiger partial charge in [-0.3, -0.25) is 14.7 Å². The van der Waals surface area contributed by atoms with Gasteiger partial charge in [-0.15, -0.1) is 22.7 Å². The normalized spacial score (nSPS) is 17.9. The average Bonchev–Trinajstić information content (AvgIpc) is 4.16. The molecule has 2 N–H and O–H groups in total. The van der Waals surface area contributed by atoms with E-state index in [1.165, 1.54) is 22.6 Å². The molecule has 4 fully saturated rings. The van der Waals surface area contributed by atoms with Gasteiger partial charge in [0.25, 0.3) is 0 Å². The first kappa shape index (κ1) is 54.4. The van der Waals surface area contributed by atoms with Crippen LogP contribution >= 0.6 is 45.9 Å². The first-order chi connectivity index (χ1) is 32.8. The lowest BCUT2D eigenvalue weighted by Gasteiger charge is -2.32. The van der Waals surface area contributed by atoms with Gasteiger partial charge in [0.05, 0.1) is 26.0 Å². The van der Waals surface area contributed by atoms with Crippen LogP contribution in [0.15, 0.2) is 36.4 Å². The molecule has 69 heavy (non-hydrogen) atoms. The molecule has 2 saturated carbocycles. The topological polar surface area (TPSA) is 160 Å². The lowest BCUT2D eigenvalue weighted by Crippen LogP contribution is -2.41. The number of nitrogens with zero attached hydrogens (tertiary/aromatic N) is 5. The van der Waals surface area contributed by atoms with Gasteiger partial charge in [0.15, 0.2) is 0 Å². The summed E-state index contributed by atoms with van der Waals surface area (Å²) in [7, 11) is 0. The number of hydrogen-bond donors (Lipinski definition) is 2. The number of amides is 2. The number of carboxylic acids is 1. The number of carboxylic acid groups (broad SMARTS) is 1. The fourth-order valence-electron chi connectivity index (χ4n) is 9.45. The number of hydrogen-bond acceptors (Lipinski definition) is 10. The number of aryl methyl sites for hydroxylation is 4. The predicted octanol–water partition coefficient (Wildman–Crippen LogP) is 13.4. The zero-order valence-corrected chi connectivity index (χ0v) is 44.7. The number of ether oxygens (including phenoxy) is 2. The van der Waals surface area contributed by atoms with Crippen molar-refractivity contribution in [3.63, 3.8) is 0 Å². The quantitative estimate of drug-likeness (QED) is 0.158. The Morgan fingerprint density at radius 2 is 1.10 bits per heavy atom. The number of aromatic amines is 1. The highest BCUT2D eigenvalue weighted by molar-refractivity contribution is 7.16. The lowest BCUT2D eigenvalue weighted by atomic mass is 9.88. The van der Waals surface area contributed by atoms with Gasteiger partial charge in [-0.1, -0.05) is 61.7 Å². The van der Waals surface area contributed by atoms with Crippen molar-refractivity contribution in [1.82, 2.24) is 29.8 Å². The zero-order valence-electron chi connectivity index (χ0n) is 41.5. The van der Waals surface area contributed by atoms with Crippen LogP contribution in [0.4, 0.5) is 9.59 Å². The van der Waals surface area contributed by atoms with E-state index in [0.29, 0.717) is 19.0 Å². The SMILES string of the molecule is CC(C)(C)OC(=O)N1CCC(c2cc(CCc3ccc(Cl)s3)[nH]n2)CC1.CC(C)(C)OC(=O)N1CCC(c2cc(CCc3ccc(Cl)s3)n(C(=O)C3CCCCC3)n2)CC1.O=C(O)C1CCCCC1. The Bertz CT molecular complexity index is 2260. The summed E-state index contributed by atoms with van der Waals surface area (Å²) in [5, 5.41) is 21.1. The van der Waals surface area contributed by atoms with Gasteiger partial charge in [0, 0.05) is 65.1 Å². The molecule has 0 spiro atoms. The molecule has 2 aliphatic heterocycles. The van der Waals surface area contributed by atoms with Gasteiger partial charge in [0.2, 0.25) is 5.91 Å². The summed E-state index contributed by atoms with van der Waals surface area (Å²) in [4.78, 5) is 54.5. The second kappa shape index (κ2) is 25.5. The number of nitrogens with one attached hydrogen (secondary N) is 1. The third kappa shape index (κ3) is 17.4. The molecule has 0 atom stereocenters. The van der Waals surface area contributed by atoms with Crippen LogP contribution < -0.4 is 0 Å². The summed E-state index contributed by atoms with van der Waals surface area (Å²) in [6.45, 7) is 14.1. The van der Waals surface area contributed by atoms with Crippen LogP contribution in [-0.4, -0.2) is 96.3 Å². The Labute approximate surface area is 427 Å². The van der Waals surface area contributed by atoms with Crippen molar-refractivity contribution in [1.29, 1.82) is 0 Å². The van der Waals surface area contributed by atoms with E-state index in [0.717, 1.165) is 147 Å². The monoisotopic (exact) mass is 1030 g/mol. The van der Waals surface area contributed by atoms with Gasteiger partial charge in [0.1, 0.15) is 11.2 Å². The van der Waals surface area contributed by atoms with E-state index in [2.05, 4.69) is 34.5 Å². The van der Waals surface area contributed by atoms with Crippen LogP contribution in [0.5, 0.6) is 0 Å². The van der Waals surface area contributed by atoms with Crippen molar-refractivity contribution < 1.29 is 33.8 Å². The van der Waals surface area contributed by atoms with Crippen LogP contribution in [0.2, 0.25) is 8.67 Å². The van der Waals surface area contributed by atoms with Gasteiger partial charge in [-0.05, 0) is 155 Å². The number of likely N-dealkylation sites (tertiary alicyclic amines) is 2. The van der Waals surface area contributed by atoms with Crippen LogP contribution in [0.1, 0.15) is 181 Å². The molecule has 4 aromatic heterocycles. The minimum atomic E-state index is -0.602. The Morgan fingerprint density at radius 1 is 0.638 bits per heavy atom. The Kier molecular flexibility index (Phi) is 20.1. The largest absolute Gasteiger partial charge is 0.481 e. The zero-order chi connectivity index (χ0) is 49.7. The Balaban J connectivity index is 0.000000196. The minimum absolute atomic E-state index is 0.0289. The predicted molar refractivity (Wildman–Crippen MR) is 275 cm³/mol. The van der Waals surface area contributed by atoms with Crippen molar-refractivity contribution in [3.05, 3.63) is 77.6 Å². The van der Waals surface area contributed by atoms with E-state index in [9.17, 15) is 19.2 Å². The molecule has 8 rings (SSSR count). The van der Waals surface area contributed by atoms with E-state index in [1.807, 2.05) is 53.7 Å². The van der Waals surface area contributed by atoms with Crippen molar-refractivity contribution >= 4 is 69.9 Å². The molecule has 0 radical (unpaired) electrons. The van der Waals surface area contributed by atoms with Crippen molar-refractivity contribution in [2.75, 3.05) is 26.2 Å². The molecule has 0 bridgehead atoms.